The number of benzene rings is 4. The van der Waals surface area contributed by atoms with Crippen molar-refractivity contribution < 1.29 is 19.1 Å². The van der Waals surface area contributed by atoms with Crippen molar-refractivity contribution in [2.75, 3.05) is 4.90 Å². The normalized spacial score (nSPS) is 11.5. The molecule has 1 atom stereocenters. The molecule has 0 aliphatic carbocycles. The molecule has 0 radical (unpaired) electrons. The predicted molar refractivity (Wildman–Crippen MR) is 155 cm³/mol. The van der Waals surface area contributed by atoms with Gasteiger partial charge in [0.2, 0.25) is 0 Å². The number of nitrogens with one attached hydrogen (secondary N) is 1. The van der Waals surface area contributed by atoms with Gasteiger partial charge in [-0.3, -0.25) is 4.79 Å². The molecule has 40 heavy (non-hydrogen) atoms. The molecule has 0 saturated carbocycles. The first kappa shape index (κ1) is 26.8. The third-order valence-corrected chi connectivity index (χ3v) is 7.24. The average molecular weight is 552 g/mol. The Morgan fingerprint density at radius 2 is 1.50 bits per heavy atom. The highest BCUT2D eigenvalue weighted by molar-refractivity contribution is 7.14. The van der Waals surface area contributed by atoms with Crippen LogP contribution in [0.2, 0.25) is 0 Å². The molecule has 0 saturated heterocycles. The van der Waals surface area contributed by atoms with Crippen molar-refractivity contribution in [1.82, 2.24) is 10.3 Å². The minimum absolute atomic E-state index is 0.177. The predicted octanol–water partition coefficient (Wildman–Crippen LogP) is 6.71. The van der Waals surface area contributed by atoms with E-state index in [2.05, 4.69) is 5.32 Å². The highest BCUT2D eigenvalue weighted by Gasteiger charge is 2.22. The molecule has 5 rings (SSSR count). The van der Waals surface area contributed by atoms with Crippen LogP contribution in [0.5, 0.6) is 0 Å². The molecule has 6 nitrogen and oxygen atoms in total. The van der Waals surface area contributed by atoms with E-state index >= 15 is 0 Å². The number of anilines is 2. The first-order valence-electron chi connectivity index (χ1n) is 12.7. The van der Waals surface area contributed by atoms with Crippen molar-refractivity contribution >= 4 is 34.0 Å². The van der Waals surface area contributed by atoms with E-state index in [1.807, 2.05) is 70.9 Å². The maximum atomic E-state index is 14.9. The molecule has 200 valence electrons. The summed E-state index contributed by atoms with van der Waals surface area (Å²) in [5.41, 5.74) is 4.15. The van der Waals surface area contributed by atoms with Crippen molar-refractivity contribution in [2.45, 2.75) is 19.0 Å². The summed E-state index contributed by atoms with van der Waals surface area (Å²) in [4.78, 5) is 31.2. The van der Waals surface area contributed by atoms with Gasteiger partial charge in [-0.25, -0.2) is 14.2 Å². The Morgan fingerprint density at radius 3 is 2.17 bits per heavy atom. The van der Waals surface area contributed by atoms with Crippen molar-refractivity contribution in [3.05, 3.63) is 137 Å². The number of hydrogen-bond acceptors (Lipinski definition) is 5. The SMILES string of the molecule is O=C(NC(Cc1ccccc1)C(=O)O)c1ccc(CN(c2nc(-c3ccccc3)cs2)c2ccccc2F)cc1. The van der Waals surface area contributed by atoms with E-state index in [4.69, 9.17) is 4.98 Å². The summed E-state index contributed by atoms with van der Waals surface area (Å²) in [6, 6.07) is 31.3. The lowest BCUT2D eigenvalue weighted by molar-refractivity contribution is -0.139. The Balaban J connectivity index is 1.34. The topological polar surface area (TPSA) is 82.5 Å². The fourth-order valence-electron chi connectivity index (χ4n) is 4.29. The van der Waals surface area contributed by atoms with E-state index in [-0.39, 0.29) is 12.2 Å². The Bertz CT molecular complexity index is 1590. The second kappa shape index (κ2) is 12.4. The van der Waals surface area contributed by atoms with Crippen LogP contribution in [0.25, 0.3) is 11.3 Å². The van der Waals surface area contributed by atoms with Gasteiger partial charge in [-0.2, -0.15) is 0 Å². The first-order valence-corrected chi connectivity index (χ1v) is 13.6. The number of thiazole rings is 1. The third-order valence-electron chi connectivity index (χ3n) is 6.38. The van der Waals surface area contributed by atoms with Crippen LogP contribution >= 0.6 is 11.3 Å². The molecule has 1 heterocycles. The zero-order valence-corrected chi connectivity index (χ0v) is 22.2. The van der Waals surface area contributed by atoms with Crippen LogP contribution in [0.4, 0.5) is 15.2 Å². The number of aliphatic carboxylic acids is 1. The number of nitrogens with zero attached hydrogens (tertiary/aromatic N) is 2. The largest absolute Gasteiger partial charge is 0.480 e. The number of carboxylic acids is 1. The lowest BCUT2D eigenvalue weighted by Gasteiger charge is -2.23. The molecule has 1 unspecified atom stereocenters. The van der Waals surface area contributed by atoms with Crippen LogP contribution in [0.15, 0.2) is 115 Å². The van der Waals surface area contributed by atoms with E-state index < -0.39 is 17.9 Å². The smallest absolute Gasteiger partial charge is 0.326 e. The van der Waals surface area contributed by atoms with Crippen molar-refractivity contribution in [2.24, 2.45) is 0 Å². The Labute approximate surface area is 235 Å². The van der Waals surface area contributed by atoms with E-state index in [0.29, 0.717) is 22.9 Å². The van der Waals surface area contributed by atoms with Gasteiger partial charge >= 0.3 is 5.97 Å². The number of rotatable bonds is 10. The van der Waals surface area contributed by atoms with E-state index in [0.717, 1.165) is 22.4 Å². The molecule has 0 aliphatic rings. The lowest BCUT2D eigenvalue weighted by Crippen LogP contribution is -2.42. The van der Waals surface area contributed by atoms with Crippen molar-refractivity contribution in [3.8, 4) is 11.3 Å². The van der Waals surface area contributed by atoms with Crippen LogP contribution in [-0.4, -0.2) is 28.0 Å². The molecule has 0 spiro atoms. The van der Waals surface area contributed by atoms with Crippen LogP contribution in [0.3, 0.4) is 0 Å². The molecular formula is C32H26FN3O3S. The van der Waals surface area contributed by atoms with Gasteiger partial charge in [0.1, 0.15) is 11.9 Å². The monoisotopic (exact) mass is 551 g/mol. The summed E-state index contributed by atoms with van der Waals surface area (Å²) in [6.45, 7) is 0.316. The fourth-order valence-corrected chi connectivity index (χ4v) is 5.14. The molecule has 0 fully saturated rings. The summed E-state index contributed by atoms with van der Waals surface area (Å²) in [5.74, 6) is -1.95. The molecule has 8 heteroatoms. The molecule has 0 bridgehead atoms. The van der Waals surface area contributed by atoms with Crippen molar-refractivity contribution in [1.29, 1.82) is 0 Å². The number of hydrogen-bond donors (Lipinski definition) is 2. The molecule has 5 aromatic rings. The molecule has 2 N–H and O–H groups in total. The molecule has 4 aromatic carbocycles. The molecule has 0 aliphatic heterocycles. The summed E-state index contributed by atoms with van der Waals surface area (Å²) >= 11 is 1.42. The van der Waals surface area contributed by atoms with Gasteiger partial charge in [0.25, 0.3) is 5.91 Å². The molecular weight excluding hydrogens is 525 g/mol. The third kappa shape index (κ3) is 6.42. The number of para-hydroxylation sites is 1. The number of carbonyl (C=O) groups is 2. The quantitative estimate of drug-likeness (QED) is 0.202. The van der Waals surface area contributed by atoms with Crippen molar-refractivity contribution in [3.63, 3.8) is 0 Å². The highest BCUT2D eigenvalue weighted by atomic mass is 32.1. The fraction of sp³-hybridized carbons (Fsp3) is 0.0938. The van der Waals surface area contributed by atoms with Gasteiger partial charge in [-0.05, 0) is 35.4 Å². The Morgan fingerprint density at radius 1 is 0.850 bits per heavy atom. The lowest BCUT2D eigenvalue weighted by atomic mass is 10.1. The van der Waals surface area contributed by atoms with Gasteiger partial charge in [0.15, 0.2) is 5.13 Å². The maximum absolute atomic E-state index is 14.9. The zero-order chi connectivity index (χ0) is 27.9. The van der Waals surface area contributed by atoms with E-state index in [1.165, 1.54) is 17.4 Å². The Kier molecular flexibility index (Phi) is 8.27. The second-order valence-electron chi connectivity index (χ2n) is 9.17. The van der Waals surface area contributed by atoms with Gasteiger partial charge in [0.05, 0.1) is 17.9 Å². The summed E-state index contributed by atoms with van der Waals surface area (Å²) in [7, 11) is 0. The van der Waals surface area contributed by atoms with Gasteiger partial charge in [-0.1, -0.05) is 84.9 Å². The van der Waals surface area contributed by atoms with Gasteiger partial charge < -0.3 is 15.3 Å². The van der Waals surface area contributed by atoms with E-state index in [1.54, 1.807) is 42.5 Å². The number of aromatic nitrogens is 1. The van der Waals surface area contributed by atoms with E-state index in [9.17, 15) is 19.1 Å². The number of amides is 1. The first-order chi connectivity index (χ1) is 19.5. The summed E-state index contributed by atoms with van der Waals surface area (Å²) in [5, 5.41) is 14.8. The molecule has 1 amide bonds. The second-order valence-corrected chi connectivity index (χ2v) is 10.0. The standard InChI is InChI=1S/C32H26FN3O3S/c33-26-13-7-8-14-29(26)36(32-35-28(21-40-32)24-11-5-2-6-12-24)20-23-15-17-25(18-16-23)30(37)34-27(31(38)39)19-22-9-3-1-4-10-22/h1-18,21,27H,19-20H2,(H,34,37)(H,38,39). The zero-order valence-electron chi connectivity index (χ0n) is 21.4. The average Bonchev–Trinajstić information content (AvgIpc) is 3.47. The highest BCUT2D eigenvalue weighted by Crippen LogP contribution is 2.34. The van der Waals surface area contributed by atoms with Crippen LogP contribution in [0, 0.1) is 5.82 Å². The van der Waals surface area contributed by atoms with Crippen LogP contribution in [-0.2, 0) is 17.8 Å². The van der Waals surface area contributed by atoms with Crippen LogP contribution in [0.1, 0.15) is 21.5 Å². The number of carbonyl (C=O) groups excluding carboxylic acids is 1. The Hall–Kier alpha value is -4.82. The van der Waals surface area contributed by atoms with Gasteiger partial charge in [-0.15, -0.1) is 11.3 Å². The minimum Gasteiger partial charge on any atom is -0.480 e. The number of halogens is 1. The summed E-state index contributed by atoms with van der Waals surface area (Å²) in [6.07, 6.45) is 0.177. The molecule has 1 aromatic heterocycles. The summed E-state index contributed by atoms with van der Waals surface area (Å²) < 4.78 is 14.9. The van der Waals surface area contributed by atoms with Crippen LogP contribution < -0.4 is 10.2 Å². The van der Waals surface area contributed by atoms with Gasteiger partial charge in [0, 0.05) is 22.9 Å². The number of carboxylic acid groups (broad SMARTS) is 1. The minimum atomic E-state index is -1.10. The maximum Gasteiger partial charge on any atom is 0.326 e.